The van der Waals surface area contributed by atoms with Crippen molar-refractivity contribution in [2.24, 2.45) is 0 Å². The maximum atomic E-state index is 12.4. The van der Waals surface area contributed by atoms with Gasteiger partial charge in [-0.2, -0.15) is 0 Å². The summed E-state index contributed by atoms with van der Waals surface area (Å²) >= 11 is 13.9. The zero-order valence-electron chi connectivity index (χ0n) is 16.9. The third kappa shape index (κ3) is 5.49. The number of rotatable bonds is 8. The summed E-state index contributed by atoms with van der Waals surface area (Å²) in [7, 11) is 0. The van der Waals surface area contributed by atoms with Crippen LogP contribution < -0.4 is 4.74 Å². The first-order chi connectivity index (χ1) is 15.6. The lowest BCUT2D eigenvalue weighted by Gasteiger charge is -2.07. The molecule has 0 unspecified atom stereocenters. The molecule has 0 aliphatic heterocycles. The number of carbonyl (C=O) groups is 1. The second kappa shape index (κ2) is 10.6. The van der Waals surface area contributed by atoms with Gasteiger partial charge in [-0.25, -0.2) is 9.97 Å². The standard InChI is InChI=1S/C25H18Cl2N2O2S/c26-21-5-3-6-22(27)19(21)12-13-24(30)17-8-10-18(11-9-17)31-14-15-32-25-20-4-1-2-7-23(20)28-16-29-25/h1-13,16H,14-15H2/b13-12+. The van der Waals surface area contributed by atoms with E-state index < -0.39 is 0 Å². The third-order valence-corrected chi connectivity index (χ3v) is 6.27. The Morgan fingerprint density at radius 2 is 1.69 bits per heavy atom. The van der Waals surface area contributed by atoms with Gasteiger partial charge in [-0.3, -0.25) is 4.79 Å². The van der Waals surface area contributed by atoms with E-state index in [1.54, 1.807) is 66.6 Å². The molecule has 0 aliphatic rings. The van der Waals surface area contributed by atoms with Crippen molar-refractivity contribution in [3.63, 3.8) is 0 Å². The molecule has 160 valence electrons. The molecule has 4 rings (SSSR count). The molecular formula is C25H18Cl2N2O2S. The number of aromatic nitrogens is 2. The summed E-state index contributed by atoms with van der Waals surface area (Å²) in [5.74, 6) is 1.30. The van der Waals surface area contributed by atoms with Crippen LogP contribution in [-0.2, 0) is 0 Å². The molecule has 0 radical (unpaired) electrons. The minimum Gasteiger partial charge on any atom is -0.493 e. The average molecular weight is 481 g/mol. The fourth-order valence-corrected chi connectivity index (χ4v) is 4.37. The quantitative estimate of drug-likeness (QED) is 0.0892. The molecule has 1 heterocycles. The average Bonchev–Trinajstić information content (AvgIpc) is 2.82. The molecule has 0 atom stereocenters. The summed E-state index contributed by atoms with van der Waals surface area (Å²) in [6, 6.07) is 20.2. The Morgan fingerprint density at radius 3 is 2.47 bits per heavy atom. The topological polar surface area (TPSA) is 52.1 Å². The Kier molecular flexibility index (Phi) is 7.43. The van der Waals surface area contributed by atoms with Crippen molar-refractivity contribution < 1.29 is 9.53 Å². The summed E-state index contributed by atoms with van der Waals surface area (Å²) in [6.07, 6.45) is 4.67. The number of thioether (sulfide) groups is 1. The van der Waals surface area contributed by atoms with Crippen molar-refractivity contribution in [1.29, 1.82) is 0 Å². The van der Waals surface area contributed by atoms with Gasteiger partial charge in [0, 0.05) is 32.3 Å². The molecular weight excluding hydrogens is 463 g/mol. The SMILES string of the molecule is O=C(/C=C/c1c(Cl)cccc1Cl)c1ccc(OCCSc2ncnc3ccccc23)cc1. The van der Waals surface area contributed by atoms with Crippen LogP contribution in [0.2, 0.25) is 10.0 Å². The van der Waals surface area contributed by atoms with Gasteiger partial charge in [-0.15, -0.1) is 11.8 Å². The van der Waals surface area contributed by atoms with Gasteiger partial charge < -0.3 is 4.74 Å². The van der Waals surface area contributed by atoms with Crippen LogP contribution in [0, 0.1) is 0 Å². The highest BCUT2D eigenvalue weighted by Crippen LogP contribution is 2.26. The Labute approximate surface area is 200 Å². The zero-order chi connectivity index (χ0) is 22.3. The third-order valence-electron chi connectivity index (χ3n) is 4.64. The molecule has 0 bridgehead atoms. The zero-order valence-corrected chi connectivity index (χ0v) is 19.2. The smallest absolute Gasteiger partial charge is 0.185 e. The van der Waals surface area contributed by atoms with Crippen LogP contribution in [0.5, 0.6) is 5.75 Å². The minimum absolute atomic E-state index is 0.140. The first kappa shape index (κ1) is 22.3. The number of ketones is 1. The van der Waals surface area contributed by atoms with Crippen LogP contribution in [0.4, 0.5) is 0 Å². The van der Waals surface area contributed by atoms with Crippen LogP contribution in [0.3, 0.4) is 0 Å². The van der Waals surface area contributed by atoms with E-state index in [2.05, 4.69) is 9.97 Å². The number of benzene rings is 3. The molecule has 0 N–H and O–H groups in total. The van der Waals surface area contributed by atoms with E-state index in [1.807, 2.05) is 24.3 Å². The summed E-state index contributed by atoms with van der Waals surface area (Å²) < 4.78 is 5.81. The van der Waals surface area contributed by atoms with Gasteiger partial charge in [0.1, 0.15) is 17.1 Å². The Morgan fingerprint density at radius 1 is 0.938 bits per heavy atom. The predicted octanol–water partition coefficient (Wildman–Crippen LogP) is 7.00. The Balaban J connectivity index is 1.31. The highest BCUT2D eigenvalue weighted by molar-refractivity contribution is 7.99. The highest BCUT2D eigenvalue weighted by Gasteiger charge is 2.06. The van der Waals surface area contributed by atoms with Crippen molar-refractivity contribution >= 4 is 57.7 Å². The summed E-state index contributed by atoms with van der Waals surface area (Å²) in [4.78, 5) is 21.1. The number of carbonyl (C=O) groups excluding carboxylic acids is 1. The van der Waals surface area contributed by atoms with Crippen molar-refractivity contribution in [2.45, 2.75) is 5.03 Å². The van der Waals surface area contributed by atoms with Crippen molar-refractivity contribution in [3.05, 3.63) is 100 Å². The van der Waals surface area contributed by atoms with Gasteiger partial charge in [0.15, 0.2) is 5.78 Å². The first-order valence-corrected chi connectivity index (χ1v) is 11.6. The van der Waals surface area contributed by atoms with Gasteiger partial charge in [-0.05, 0) is 54.6 Å². The van der Waals surface area contributed by atoms with E-state index in [9.17, 15) is 4.79 Å². The maximum Gasteiger partial charge on any atom is 0.185 e. The molecule has 32 heavy (non-hydrogen) atoms. The van der Waals surface area contributed by atoms with E-state index in [1.165, 1.54) is 6.08 Å². The number of allylic oxidation sites excluding steroid dienone is 1. The fourth-order valence-electron chi connectivity index (χ4n) is 3.03. The number of ether oxygens (including phenoxy) is 1. The van der Waals surface area contributed by atoms with Crippen LogP contribution in [0.15, 0.2) is 84.2 Å². The van der Waals surface area contributed by atoms with Crippen LogP contribution in [0.1, 0.15) is 15.9 Å². The minimum atomic E-state index is -0.140. The van der Waals surface area contributed by atoms with Crippen LogP contribution in [-0.4, -0.2) is 28.1 Å². The molecule has 0 saturated carbocycles. The highest BCUT2D eigenvalue weighted by atomic mass is 35.5. The van der Waals surface area contributed by atoms with Crippen molar-refractivity contribution in [2.75, 3.05) is 12.4 Å². The second-order valence-electron chi connectivity index (χ2n) is 6.75. The second-order valence-corrected chi connectivity index (χ2v) is 8.65. The molecule has 1 aromatic heterocycles. The maximum absolute atomic E-state index is 12.4. The predicted molar refractivity (Wildman–Crippen MR) is 132 cm³/mol. The van der Waals surface area contributed by atoms with E-state index in [-0.39, 0.29) is 5.78 Å². The van der Waals surface area contributed by atoms with Gasteiger partial charge in [-0.1, -0.05) is 47.5 Å². The Hall–Kier alpha value is -2.86. The van der Waals surface area contributed by atoms with Crippen LogP contribution >= 0.6 is 35.0 Å². The lowest BCUT2D eigenvalue weighted by Crippen LogP contribution is -2.01. The summed E-state index contributed by atoms with van der Waals surface area (Å²) in [5, 5.41) is 2.97. The number of fused-ring (bicyclic) bond motifs is 1. The largest absolute Gasteiger partial charge is 0.493 e. The lowest BCUT2D eigenvalue weighted by atomic mass is 10.1. The van der Waals surface area contributed by atoms with Gasteiger partial charge in [0.05, 0.1) is 12.1 Å². The van der Waals surface area contributed by atoms with E-state index in [0.29, 0.717) is 33.5 Å². The molecule has 7 heteroatoms. The molecule has 4 aromatic rings. The van der Waals surface area contributed by atoms with E-state index in [0.717, 1.165) is 21.7 Å². The van der Waals surface area contributed by atoms with Crippen molar-refractivity contribution in [3.8, 4) is 5.75 Å². The monoisotopic (exact) mass is 480 g/mol. The van der Waals surface area contributed by atoms with E-state index >= 15 is 0 Å². The molecule has 3 aromatic carbocycles. The first-order valence-electron chi connectivity index (χ1n) is 9.83. The van der Waals surface area contributed by atoms with Crippen LogP contribution in [0.25, 0.3) is 17.0 Å². The molecule has 0 saturated heterocycles. The summed E-state index contributed by atoms with van der Waals surface area (Å²) in [5.41, 5.74) is 2.11. The summed E-state index contributed by atoms with van der Waals surface area (Å²) in [6.45, 7) is 0.515. The number of para-hydroxylation sites is 1. The number of nitrogens with zero attached hydrogens (tertiary/aromatic N) is 2. The molecule has 4 nitrogen and oxygen atoms in total. The number of halogens is 2. The molecule has 0 spiro atoms. The molecule has 0 fully saturated rings. The Bertz CT molecular complexity index is 1250. The number of hydrogen-bond donors (Lipinski definition) is 0. The van der Waals surface area contributed by atoms with Gasteiger partial charge in [0.2, 0.25) is 0 Å². The van der Waals surface area contributed by atoms with E-state index in [4.69, 9.17) is 27.9 Å². The molecule has 0 aliphatic carbocycles. The number of hydrogen-bond acceptors (Lipinski definition) is 5. The normalized spacial score (nSPS) is 11.2. The van der Waals surface area contributed by atoms with Gasteiger partial charge in [0.25, 0.3) is 0 Å². The van der Waals surface area contributed by atoms with Gasteiger partial charge >= 0.3 is 0 Å². The fraction of sp³-hybridized carbons (Fsp3) is 0.0800. The molecule has 0 amide bonds. The lowest BCUT2D eigenvalue weighted by molar-refractivity contribution is 0.104. The van der Waals surface area contributed by atoms with Crippen molar-refractivity contribution in [1.82, 2.24) is 9.97 Å².